The molecule has 1 saturated heterocycles. The van der Waals surface area contributed by atoms with E-state index in [0.29, 0.717) is 26.2 Å². The van der Waals surface area contributed by atoms with Gasteiger partial charge in [-0.05, 0) is 38.0 Å². The van der Waals surface area contributed by atoms with Gasteiger partial charge in [-0.2, -0.15) is 0 Å². The molecule has 3 amide bonds. The molecule has 2 aromatic rings. The van der Waals surface area contributed by atoms with Gasteiger partial charge in [0.25, 0.3) is 0 Å². The van der Waals surface area contributed by atoms with E-state index in [4.69, 9.17) is 0 Å². The van der Waals surface area contributed by atoms with Crippen LogP contribution in [0.25, 0.3) is 6.08 Å². The smallest absolute Gasteiger partial charge is 0.244 e. The first-order chi connectivity index (χ1) is 15.3. The average Bonchev–Trinajstić information content (AvgIpc) is 2.83. The molecule has 0 radical (unpaired) electrons. The molecule has 1 unspecified atom stereocenters. The maximum atomic E-state index is 13.1. The molecule has 6 nitrogen and oxygen atoms in total. The van der Waals surface area contributed by atoms with Crippen LogP contribution in [0.4, 0.5) is 0 Å². The maximum absolute atomic E-state index is 13.1. The molecular weight excluding hydrogens is 402 g/mol. The lowest BCUT2D eigenvalue weighted by atomic mass is 9.83. The van der Waals surface area contributed by atoms with Crippen molar-refractivity contribution in [3.8, 4) is 0 Å². The Labute approximate surface area is 189 Å². The summed E-state index contributed by atoms with van der Waals surface area (Å²) in [6.07, 6.45) is 3.15. The zero-order valence-electron chi connectivity index (χ0n) is 19.0. The third-order valence-corrected chi connectivity index (χ3v) is 5.86. The van der Waals surface area contributed by atoms with Crippen molar-refractivity contribution in [1.82, 2.24) is 15.1 Å². The van der Waals surface area contributed by atoms with Gasteiger partial charge < -0.3 is 15.1 Å². The summed E-state index contributed by atoms with van der Waals surface area (Å²) in [5.74, 6) is -0.391. The van der Waals surface area contributed by atoms with Gasteiger partial charge in [0.15, 0.2) is 0 Å². The number of rotatable bonds is 6. The second-order valence-electron chi connectivity index (χ2n) is 8.58. The monoisotopic (exact) mass is 433 g/mol. The van der Waals surface area contributed by atoms with Crippen LogP contribution >= 0.6 is 0 Å². The summed E-state index contributed by atoms with van der Waals surface area (Å²) in [5, 5.41) is 2.73. The summed E-state index contributed by atoms with van der Waals surface area (Å²) in [7, 11) is 0. The van der Waals surface area contributed by atoms with E-state index < -0.39 is 11.5 Å². The topological polar surface area (TPSA) is 69.7 Å². The molecule has 1 aliphatic heterocycles. The van der Waals surface area contributed by atoms with Crippen LogP contribution in [0, 0.1) is 0 Å². The van der Waals surface area contributed by atoms with Crippen LogP contribution in [0.2, 0.25) is 0 Å². The van der Waals surface area contributed by atoms with Crippen molar-refractivity contribution >= 4 is 23.8 Å². The van der Waals surface area contributed by atoms with E-state index in [0.717, 1.165) is 11.1 Å². The van der Waals surface area contributed by atoms with Gasteiger partial charge in [-0.1, -0.05) is 60.7 Å². The van der Waals surface area contributed by atoms with Gasteiger partial charge in [0.05, 0.1) is 5.41 Å². The predicted octanol–water partition coefficient (Wildman–Crippen LogP) is 2.85. The first-order valence-corrected chi connectivity index (χ1v) is 11.0. The van der Waals surface area contributed by atoms with Gasteiger partial charge in [0.1, 0.15) is 6.04 Å². The summed E-state index contributed by atoms with van der Waals surface area (Å²) in [6, 6.07) is 18.6. The van der Waals surface area contributed by atoms with E-state index >= 15 is 0 Å². The third kappa shape index (κ3) is 5.63. The zero-order valence-corrected chi connectivity index (χ0v) is 19.0. The molecule has 0 aliphatic carbocycles. The first-order valence-electron chi connectivity index (χ1n) is 11.0. The van der Waals surface area contributed by atoms with Crippen LogP contribution < -0.4 is 5.32 Å². The molecule has 1 fully saturated rings. The Balaban J connectivity index is 1.51. The van der Waals surface area contributed by atoms with Crippen molar-refractivity contribution in [3.63, 3.8) is 0 Å². The van der Waals surface area contributed by atoms with Crippen molar-refractivity contribution < 1.29 is 14.4 Å². The lowest BCUT2D eigenvalue weighted by molar-refractivity contribution is -0.143. The molecule has 2 aromatic carbocycles. The molecule has 1 atom stereocenters. The number of nitrogens with one attached hydrogen (secondary N) is 1. The third-order valence-electron chi connectivity index (χ3n) is 5.86. The minimum Gasteiger partial charge on any atom is -0.341 e. The van der Waals surface area contributed by atoms with Crippen LogP contribution in [0.3, 0.4) is 0 Å². The molecule has 0 aromatic heterocycles. The normalized spacial score (nSPS) is 15.5. The average molecular weight is 434 g/mol. The molecular formula is C26H31N3O3. The minimum atomic E-state index is -0.633. The summed E-state index contributed by atoms with van der Waals surface area (Å²) in [4.78, 5) is 41.6. The van der Waals surface area contributed by atoms with E-state index in [9.17, 15) is 14.4 Å². The molecule has 0 saturated carbocycles. The molecule has 1 heterocycles. The van der Waals surface area contributed by atoms with Crippen molar-refractivity contribution in [2.75, 3.05) is 26.2 Å². The van der Waals surface area contributed by atoms with Gasteiger partial charge >= 0.3 is 0 Å². The Hall–Kier alpha value is -3.41. The Morgan fingerprint density at radius 3 is 2.00 bits per heavy atom. The van der Waals surface area contributed by atoms with Crippen molar-refractivity contribution in [2.45, 2.75) is 32.2 Å². The van der Waals surface area contributed by atoms with Crippen LogP contribution in [-0.4, -0.2) is 59.7 Å². The van der Waals surface area contributed by atoms with Crippen molar-refractivity contribution in [2.24, 2.45) is 0 Å². The zero-order chi connectivity index (χ0) is 23.1. The van der Waals surface area contributed by atoms with Gasteiger partial charge in [-0.25, -0.2) is 0 Å². The predicted molar refractivity (Wildman–Crippen MR) is 126 cm³/mol. The summed E-state index contributed by atoms with van der Waals surface area (Å²) >= 11 is 0. The van der Waals surface area contributed by atoms with Gasteiger partial charge in [-0.15, -0.1) is 0 Å². The second kappa shape index (κ2) is 10.3. The number of piperazine rings is 1. The van der Waals surface area contributed by atoms with E-state index in [1.54, 1.807) is 17.9 Å². The number of carbonyl (C=O) groups is 3. The number of nitrogens with zero attached hydrogens (tertiary/aromatic N) is 2. The standard InChI is InChI=1S/C26H31N3O3/c1-20(27-23(30)15-14-21-10-6-4-7-11-21)24(31)28-16-18-29(19-17-28)25(32)26(2,3)22-12-8-5-9-13-22/h4-15,20H,16-19H2,1-3H3,(H,27,30)/b15-14+. The van der Waals surface area contributed by atoms with Gasteiger partial charge in [0.2, 0.25) is 17.7 Å². The minimum absolute atomic E-state index is 0.0585. The lowest BCUT2D eigenvalue weighted by Gasteiger charge is -2.39. The van der Waals surface area contributed by atoms with Gasteiger partial charge in [0, 0.05) is 32.3 Å². The molecule has 0 bridgehead atoms. The summed E-state index contributed by atoms with van der Waals surface area (Å²) < 4.78 is 0. The Kier molecular flexibility index (Phi) is 7.46. The Morgan fingerprint density at radius 1 is 0.875 bits per heavy atom. The van der Waals surface area contributed by atoms with Crippen LogP contribution in [0.15, 0.2) is 66.7 Å². The number of benzene rings is 2. The highest BCUT2D eigenvalue weighted by Gasteiger charge is 2.36. The largest absolute Gasteiger partial charge is 0.341 e. The molecule has 3 rings (SSSR count). The highest BCUT2D eigenvalue weighted by atomic mass is 16.2. The quantitative estimate of drug-likeness (QED) is 0.713. The first kappa shape index (κ1) is 23.3. The van der Waals surface area contributed by atoms with E-state index in [1.165, 1.54) is 6.08 Å². The molecule has 1 N–H and O–H groups in total. The summed E-state index contributed by atoms with van der Waals surface area (Å²) in [5.41, 5.74) is 1.27. The Morgan fingerprint density at radius 2 is 1.41 bits per heavy atom. The highest BCUT2D eigenvalue weighted by molar-refractivity contribution is 5.95. The molecule has 6 heteroatoms. The fraction of sp³-hybridized carbons (Fsp3) is 0.346. The van der Waals surface area contributed by atoms with Gasteiger partial charge in [-0.3, -0.25) is 14.4 Å². The second-order valence-corrected chi connectivity index (χ2v) is 8.58. The molecule has 0 spiro atoms. The number of hydrogen-bond donors (Lipinski definition) is 1. The molecule has 1 aliphatic rings. The fourth-order valence-electron chi connectivity index (χ4n) is 3.84. The lowest BCUT2D eigenvalue weighted by Crippen LogP contribution is -2.57. The van der Waals surface area contributed by atoms with Crippen LogP contribution in [-0.2, 0) is 19.8 Å². The maximum Gasteiger partial charge on any atom is 0.244 e. The Bertz CT molecular complexity index is 962. The van der Waals surface area contributed by atoms with E-state index in [2.05, 4.69) is 5.32 Å². The van der Waals surface area contributed by atoms with Crippen LogP contribution in [0.1, 0.15) is 31.9 Å². The van der Waals surface area contributed by atoms with Crippen molar-refractivity contribution in [1.29, 1.82) is 0 Å². The van der Waals surface area contributed by atoms with E-state index in [1.807, 2.05) is 79.4 Å². The van der Waals surface area contributed by atoms with Crippen molar-refractivity contribution in [3.05, 3.63) is 77.9 Å². The van der Waals surface area contributed by atoms with Crippen LogP contribution in [0.5, 0.6) is 0 Å². The highest BCUT2D eigenvalue weighted by Crippen LogP contribution is 2.26. The van der Waals surface area contributed by atoms with E-state index in [-0.39, 0.29) is 17.7 Å². The fourth-order valence-corrected chi connectivity index (χ4v) is 3.84. The number of carbonyl (C=O) groups excluding carboxylic acids is 3. The SMILES string of the molecule is CC(NC(=O)/C=C/c1ccccc1)C(=O)N1CCN(C(=O)C(C)(C)c2ccccc2)CC1. The molecule has 32 heavy (non-hydrogen) atoms. The number of amides is 3. The summed E-state index contributed by atoms with van der Waals surface area (Å²) in [6.45, 7) is 7.42. The molecule has 168 valence electrons. The number of hydrogen-bond acceptors (Lipinski definition) is 3.